The molecule has 2 heterocycles. The molecule has 156 valence electrons. The number of hydrogen-bond acceptors (Lipinski definition) is 6. The van der Waals surface area contributed by atoms with Crippen LogP contribution in [0.15, 0.2) is 35.3 Å². The molecule has 3 rings (SSSR count). The first kappa shape index (κ1) is 21.6. The van der Waals surface area contributed by atoms with E-state index < -0.39 is 6.10 Å². The fraction of sp³-hybridized carbons (Fsp3) is 0.450. The van der Waals surface area contributed by atoms with Gasteiger partial charge in [-0.15, -0.1) is 21.5 Å². The molecule has 0 amide bonds. The Hall–Kier alpha value is -2.10. The number of aliphatic hydroxyl groups is 1. The minimum atomic E-state index is -0.595. The van der Waals surface area contributed by atoms with Crippen LogP contribution in [-0.2, 0) is 13.6 Å². The molecule has 0 aliphatic carbocycles. The third kappa shape index (κ3) is 5.94. The summed E-state index contributed by atoms with van der Waals surface area (Å²) in [7, 11) is 1.93. The number of hydrogen-bond donors (Lipinski definition) is 3. The Balaban J connectivity index is 1.63. The first-order valence-electron chi connectivity index (χ1n) is 9.61. The van der Waals surface area contributed by atoms with Gasteiger partial charge in [-0.2, -0.15) is 11.8 Å². The zero-order valence-corrected chi connectivity index (χ0v) is 18.7. The monoisotopic (exact) mass is 432 g/mol. The molecular weight excluding hydrogens is 404 g/mol. The first-order valence-corrected chi connectivity index (χ1v) is 11.8. The van der Waals surface area contributed by atoms with E-state index >= 15 is 0 Å². The fourth-order valence-electron chi connectivity index (χ4n) is 2.80. The van der Waals surface area contributed by atoms with Gasteiger partial charge in [-0.25, -0.2) is 4.99 Å². The highest BCUT2D eigenvalue weighted by Gasteiger charge is 2.12. The Morgan fingerprint density at radius 1 is 1.31 bits per heavy atom. The van der Waals surface area contributed by atoms with E-state index in [4.69, 9.17) is 0 Å². The molecule has 2 aromatic heterocycles. The first-order chi connectivity index (χ1) is 14.1. The fourth-order valence-corrected chi connectivity index (χ4v) is 4.28. The summed E-state index contributed by atoms with van der Waals surface area (Å²) in [6.45, 7) is 3.55. The third-order valence-corrected chi connectivity index (χ3v) is 6.53. The smallest absolute Gasteiger partial charge is 0.191 e. The number of aliphatic hydroxyl groups excluding tert-OH is 1. The zero-order valence-electron chi connectivity index (χ0n) is 17.1. The van der Waals surface area contributed by atoms with Crippen molar-refractivity contribution >= 4 is 39.1 Å². The maximum absolute atomic E-state index is 10.6. The van der Waals surface area contributed by atoms with Crippen LogP contribution in [0.1, 0.15) is 29.1 Å². The van der Waals surface area contributed by atoms with Crippen molar-refractivity contribution in [1.82, 2.24) is 25.4 Å². The lowest BCUT2D eigenvalue weighted by Crippen LogP contribution is -2.40. The number of aromatic nitrogens is 3. The van der Waals surface area contributed by atoms with E-state index in [2.05, 4.69) is 50.3 Å². The van der Waals surface area contributed by atoms with E-state index in [1.807, 2.05) is 42.4 Å². The molecule has 0 aliphatic rings. The summed E-state index contributed by atoms with van der Waals surface area (Å²) in [5.41, 5.74) is 0. The van der Waals surface area contributed by atoms with Crippen LogP contribution < -0.4 is 10.6 Å². The van der Waals surface area contributed by atoms with Crippen LogP contribution in [0.3, 0.4) is 0 Å². The molecule has 0 spiro atoms. The highest BCUT2D eigenvalue weighted by Crippen LogP contribution is 2.29. The Morgan fingerprint density at radius 2 is 2.14 bits per heavy atom. The van der Waals surface area contributed by atoms with Crippen LogP contribution >= 0.6 is 23.1 Å². The number of nitrogens with one attached hydrogen (secondary N) is 2. The van der Waals surface area contributed by atoms with E-state index in [0.717, 1.165) is 40.6 Å². The van der Waals surface area contributed by atoms with Crippen molar-refractivity contribution < 1.29 is 5.11 Å². The Bertz CT molecular complexity index is 919. The molecule has 1 aromatic carbocycles. The largest absolute Gasteiger partial charge is 0.386 e. The van der Waals surface area contributed by atoms with Gasteiger partial charge in [0.1, 0.15) is 18.5 Å². The van der Waals surface area contributed by atoms with E-state index in [1.165, 1.54) is 4.70 Å². The normalized spacial score (nSPS) is 13.0. The SMILES string of the molecule is CSCCCNC(=NCc1nnc(C)n1C)NCC(O)c1cc2ccccc2s1. The number of aliphatic imine (C=N–C) groups is 1. The molecule has 9 heteroatoms. The molecule has 1 unspecified atom stereocenters. The van der Waals surface area contributed by atoms with Crippen molar-refractivity contribution in [3.8, 4) is 0 Å². The number of thiophene rings is 1. The molecule has 3 N–H and O–H groups in total. The third-order valence-electron chi connectivity index (χ3n) is 4.61. The Labute approximate surface area is 179 Å². The number of benzene rings is 1. The van der Waals surface area contributed by atoms with E-state index in [-0.39, 0.29) is 0 Å². The molecule has 1 atom stereocenters. The predicted octanol–water partition coefficient (Wildman–Crippen LogP) is 2.86. The second-order valence-electron chi connectivity index (χ2n) is 6.74. The lowest BCUT2D eigenvalue weighted by Gasteiger charge is -2.15. The van der Waals surface area contributed by atoms with Crippen LogP contribution in [0.5, 0.6) is 0 Å². The van der Waals surface area contributed by atoms with Crippen LogP contribution in [0, 0.1) is 6.92 Å². The maximum atomic E-state index is 10.6. The summed E-state index contributed by atoms with van der Waals surface area (Å²) in [5.74, 6) is 3.43. The lowest BCUT2D eigenvalue weighted by molar-refractivity contribution is 0.184. The standard InChI is InChI=1S/C20H28N6OS2/c1-14-24-25-19(26(14)2)13-23-20(21-9-6-10-28-3)22-12-16(27)18-11-15-7-4-5-8-17(15)29-18/h4-5,7-8,11,16,27H,6,9-10,12-13H2,1-3H3,(H2,21,22,23). The van der Waals surface area contributed by atoms with Gasteiger partial charge in [0.25, 0.3) is 0 Å². The topological polar surface area (TPSA) is 87.4 Å². The van der Waals surface area contributed by atoms with Gasteiger partial charge in [0.15, 0.2) is 11.8 Å². The summed E-state index contributed by atoms with van der Waals surface area (Å²) in [4.78, 5) is 5.58. The number of nitrogens with zero attached hydrogens (tertiary/aromatic N) is 4. The van der Waals surface area contributed by atoms with Crippen LogP contribution in [0.4, 0.5) is 0 Å². The highest BCUT2D eigenvalue weighted by atomic mass is 32.2. The summed E-state index contributed by atoms with van der Waals surface area (Å²) < 4.78 is 3.12. The van der Waals surface area contributed by atoms with Gasteiger partial charge in [-0.1, -0.05) is 18.2 Å². The number of guanidine groups is 1. The van der Waals surface area contributed by atoms with Crippen molar-refractivity contribution in [1.29, 1.82) is 0 Å². The van der Waals surface area contributed by atoms with E-state index in [9.17, 15) is 5.11 Å². The molecule has 0 fully saturated rings. The second kappa shape index (κ2) is 10.6. The molecule has 7 nitrogen and oxygen atoms in total. The molecule has 29 heavy (non-hydrogen) atoms. The van der Waals surface area contributed by atoms with Crippen molar-refractivity contribution in [2.24, 2.45) is 12.0 Å². The van der Waals surface area contributed by atoms with Crippen molar-refractivity contribution in [3.63, 3.8) is 0 Å². The van der Waals surface area contributed by atoms with Crippen molar-refractivity contribution in [3.05, 3.63) is 46.9 Å². The van der Waals surface area contributed by atoms with Crippen LogP contribution in [0.2, 0.25) is 0 Å². The summed E-state index contributed by atoms with van der Waals surface area (Å²) in [5, 5.41) is 26.7. The molecule has 0 radical (unpaired) electrons. The second-order valence-corrected chi connectivity index (χ2v) is 8.84. The van der Waals surface area contributed by atoms with Crippen molar-refractivity contribution in [2.75, 3.05) is 25.1 Å². The van der Waals surface area contributed by atoms with Gasteiger partial charge < -0.3 is 20.3 Å². The van der Waals surface area contributed by atoms with Gasteiger partial charge in [0.05, 0.1) is 0 Å². The number of aryl methyl sites for hydroxylation is 1. The summed E-state index contributed by atoms with van der Waals surface area (Å²) in [6.07, 6.45) is 2.55. The van der Waals surface area contributed by atoms with Crippen LogP contribution in [-0.4, -0.2) is 50.9 Å². The number of thioether (sulfide) groups is 1. The molecule has 0 saturated heterocycles. The van der Waals surface area contributed by atoms with Gasteiger partial charge in [-0.05, 0) is 42.9 Å². The predicted molar refractivity (Wildman–Crippen MR) is 123 cm³/mol. The summed E-state index contributed by atoms with van der Waals surface area (Å²) in [6, 6.07) is 10.2. The maximum Gasteiger partial charge on any atom is 0.191 e. The van der Waals surface area contributed by atoms with Gasteiger partial charge >= 0.3 is 0 Å². The highest BCUT2D eigenvalue weighted by molar-refractivity contribution is 7.98. The van der Waals surface area contributed by atoms with E-state index in [0.29, 0.717) is 19.0 Å². The van der Waals surface area contributed by atoms with Crippen molar-refractivity contribution in [2.45, 2.75) is 26.0 Å². The average molecular weight is 433 g/mol. The molecule has 0 aliphatic heterocycles. The number of rotatable bonds is 9. The Morgan fingerprint density at radius 3 is 2.86 bits per heavy atom. The van der Waals surface area contributed by atoms with Gasteiger partial charge in [0, 0.05) is 29.7 Å². The molecule has 0 saturated carbocycles. The lowest BCUT2D eigenvalue weighted by atomic mass is 10.2. The molecular formula is C20H28N6OS2. The minimum Gasteiger partial charge on any atom is -0.386 e. The van der Waals surface area contributed by atoms with Gasteiger partial charge in [-0.3, -0.25) is 0 Å². The molecule has 3 aromatic rings. The van der Waals surface area contributed by atoms with Crippen LogP contribution in [0.25, 0.3) is 10.1 Å². The van der Waals surface area contributed by atoms with E-state index in [1.54, 1.807) is 11.3 Å². The Kier molecular flexibility index (Phi) is 7.91. The quantitative estimate of drug-likeness (QED) is 0.274. The molecule has 0 bridgehead atoms. The zero-order chi connectivity index (χ0) is 20.6. The average Bonchev–Trinajstić information content (AvgIpc) is 3.30. The minimum absolute atomic E-state index is 0.388. The summed E-state index contributed by atoms with van der Waals surface area (Å²) >= 11 is 3.45. The van der Waals surface area contributed by atoms with Gasteiger partial charge in [0.2, 0.25) is 0 Å². The number of fused-ring (bicyclic) bond motifs is 1.